The number of aromatic nitrogens is 2. The van der Waals surface area contributed by atoms with E-state index in [1.165, 1.54) is 4.70 Å². The van der Waals surface area contributed by atoms with Crippen molar-refractivity contribution >= 4 is 32.9 Å². The second-order valence-electron chi connectivity index (χ2n) is 4.51. The fraction of sp³-hybridized carbons (Fsp3) is 0.286. The average molecular weight is 289 g/mol. The summed E-state index contributed by atoms with van der Waals surface area (Å²) in [6.45, 7) is 4.98. The fourth-order valence-electron chi connectivity index (χ4n) is 1.89. The highest BCUT2D eigenvalue weighted by molar-refractivity contribution is 7.18. The van der Waals surface area contributed by atoms with Gasteiger partial charge in [-0.15, -0.1) is 22.7 Å². The molecule has 0 aliphatic rings. The van der Waals surface area contributed by atoms with E-state index in [9.17, 15) is 0 Å². The van der Waals surface area contributed by atoms with Crippen LogP contribution in [0.1, 0.15) is 28.7 Å². The molecule has 0 amide bonds. The van der Waals surface area contributed by atoms with E-state index in [2.05, 4.69) is 45.8 Å². The largest absolute Gasteiger partial charge is 0.302 e. The second kappa shape index (κ2) is 5.36. The van der Waals surface area contributed by atoms with E-state index in [0.29, 0.717) is 0 Å². The first kappa shape index (κ1) is 12.7. The Hall–Kier alpha value is -1.30. The van der Waals surface area contributed by atoms with Gasteiger partial charge in [0, 0.05) is 17.6 Å². The van der Waals surface area contributed by atoms with Gasteiger partial charge in [0.15, 0.2) is 0 Å². The topological polar surface area (TPSA) is 37.8 Å². The zero-order chi connectivity index (χ0) is 13.2. The monoisotopic (exact) mass is 289 g/mol. The summed E-state index contributed by atoms with van der Waals surface area (Å²) < 4.78 is 1.25. The number of rotatable bonds is 4. The third-order valence-corrected chi connectivity index (χ3v) is 5.09. The van der Waals surface area contributed by atoms with Crippen LogP contribution in [0.3, 0.4) is 0 Å². The van der Waals surface area contributed by atoms with Crippen molar-refractivity contribution in [1.29, 1.82) is 0 Å². The van der Waals surface area contributed by atoms with Crippen LogP contribution in [-0.4, -0.2) is 9.97 Å². The minimum absolute atomic E-state index is 0.251. The molecule has 19 heavy (non-hydrogen) atoms. The lowest BCUT2D eigenvalue weighted by Gasteiger charge is -2.08. The molecule has 0 aliphatic heterocycles. The molecular weight excluding hydrogens is 274 g/mol. The summed E-state index contributed by atoms with van der Waals surface area (Å²) in [5.74, 6) is 0. The van der Waals surface area contributed by atoms with Crippen LogP contribution in [0, 0.1) is 6.92 Å². The highest BCUT2D eigenvalue weighted by Crippen LogP contribution is 2.26. The summed E-state index contributed by atoms with van der Waals surface area (Å²) in [4.78, 5) is 9.13. The second-order valence-corrected chi connectivity index (χ2v) is 6.51. The molecule has 3 rings (SSSR count). The number of nitrogens with zero attached hydrogens (tertiary/aromatic N) is 2. The van der Waals surface area contributed by atoms with Gasteiger partial charge in [0.05, 0.1) is 16.3 Å². The number of nitrogens with one attached hydrogen (secondary N) is 1. The normalized spacial score (nSPS) is 12.9. The molecule has 3 aromatic rings. The molecule has 0 radical (unpaired) electrons. The summed E-state index contributed by atoms with van der Waals surface area (Å²) in [6, 6.07) is 8.52. The Morgan fingerprint density at radius 2 is 2.11 bits per heavy atom. The van der Waals surface area contributed by atoms with E-state index in [-0.39, 0.29) is 6.04 Å². The van der Waals surface area contributed by atoms with E-state index < -0.39 is 0 Å². The smallest absolute Gasteiger partial charge is 0.111 e. The Morgan fingerprint density at radius 3 is 2.84 bits per heavy atom. The Labute approximate surface area is 120 Å². The van der Waals surface area contributed by atoms with Crippen LogP contribution in [0.5, 0.6) is 0 Å². The quantitative estimate of drug-likeness (QED) is 0.791. The zero-order valence-electron chi connectivity index (χ0n) is 10.9. The van der Waals surface area contributed by atoms with Crippen molar-refractivity contribution < 1.29 is 0 Å². The van der Waals surface area contributed by atoms with Crippen LogP contribution in [0.2, 0.25) is 0 Å². The van der Waals surface area contributed by atoms with Crippen molar-refractivity contribution in [3.8, 4) is 0 Å². The molecule has 0 aliphatic carbocycles. The standard InChI is InChI=1S/C14H15N3S2/c1-9-8-18-13(16-9)7-15-10(2)14-17-11-5-3-4-6-12(11)19-14/h3-6,8,10,15H,7H2,1-2H3. The minimum Gasteiger partial charge on any atom is -0.302 e. The Kier molecular flexibility index (Phi) is 3.59. The van der Waals surface area contributed by atoms with Gasteiger partial charge in [-0.3, -0.25) is 0 Å². The van der Waals surface area contributed by atoms with E-state index in [0.717, 1.165) is 27.8 Å². The Morgan fingerprint density at radius 1 is 1.26 bits per heavy atom. The molecule has 1 atom stereocenters. The maximum Gasteiger partial charge on any atom is 0.111 e. The molecule has 0 bridgehead atoms. The molecule has 0 fully saturated rings. The van der Waals surface area contributed by atoms with E-state index in [1.807, 2.05) is 13.0 Å². The number of thiazole rings is 2. The molecule has 2 aromatic heterocycles. The Balaban J connectivity index is 1.71. The van der Waals surface area contributed by atoms with Crippen LogP contribution in [-0.2, 0) is 6.54 Å². The highest BCUT2D eigenvalue weighted by Gasteiger charge is 2.11. The lowest BCUT2D eigenvalue weighted by molar-refractivity contribution is 0.571. The molecule has 2 heterocycles. The van der Waals surface area contributed by atoms with E-state index in [1.54, 1.807) is 22.7 Å². The summed E-state index contributed by atoms with van der Waals surface area (Å²) >= 11 is 3.46. The molecule has 0 saturated carbocycles. The van der Waals surface area contributed by atoms with Crippen molar-refractivity contribution in [2.45, 2.75) is 26.4 Å². The number of benzene rings is 1. The van der Waals surface area contributed by atoms with Gasteiger partial charge in [0.2, 0.25) is 0 Å². The third kappa shape index (κ3) is 2.83. The predicted octanol–water partition coefficient (Wildman–Crippen LogP) is 3.91. The van der Waals surface area contributed by atoms with Gasteiger partial charge in [0.1, 0.15) is 10.0 Å². The molecule has 5 heteroatoms. The van der Waals surface area contributed by atoms with E-state index in [4.69, 9.17) is 0 Å². The number of para-hydroxylation sites is 1. The van der Waals surface area contributed by atoms with Crippen LogP contribution in [0.25, 0.3) is 10.2 Å². The van der Waals surface area contributed by atoms with Gasteiger partial charge >= 0.3 is 0 Å². The summed E-state index contributed by atoms with van der Waals surface area (Å²) in [5, 5.41) is 7.83. The van der Waals surface area contributed by atoms with Crippen molar-refractivity contribution in [3.63, 3.8) is 0 Å². The van der Waals surface area contributed by atoms with Crippen molar-refractivity contribution in [2.24, 2.45) is 0 Å². The lowest BCUT2D eigenvalue weighted by Crippen LogP contribution is -2.17. The van der Waals surface area contributed by atoms with Crippen LogP contribution >= 0.6 is 22.7 Å². The molecular formula is C14H15N3S2. The summed E-state index contributed by atoms with van der Waals surface area (Å²) in [6.07, 6.45) is 0. The van der Waals surface area contributed by atoms with Gasteiger partial charge in [-0.1, -0.05) is 12.1 Å². The molecule has 98 valence electrons. The average Bonchev–Trinajstić information content (AvgIpc) is 3.01. The Bertz CT molecular complexity index is 654. The number of hydrogen-bond acceptors (Lipinski definition) is 5. The maximum absolute atomic E-state index is 4.67. The van der Waals surface area contributed by atoms with Crippen LogP contribution < -0.4 is 5.32 Å². The number of hydrogen-bond donors (Lipinski definition) is 1. The third-order valence-electron chi connectivity index (χ3n) is 2.91. The van der Waals surface area contributed by atoms with Crippen molar-refractivity contribution in [1.82, 2.24) is 15.3 Å². The number of aryl methyl sites for hydroxylation is 1. The number of fused-ring (bicyclic) bond motifs is 1. The molecule has 3 nitrogen and oxygen atoms in total. The molecule has 0 spiro atoms. The van der Waals surface area contributed by atoms with Gasteiger partial charge in [-0.05, 0) is 26.0 Å². The molecule has 0 saturated heterocycles. The summed E-state index contributed by atoms with van der Waals surface area (Å²) in [5.41, 5.74) is 2.18. The minimum atomic E-state index is 0.251. The molecule has 1 aromatic carbocycles. The van der Waals surface area contributed by atoms with Crippen LogP contribution in [0.4, 0.5) is 0 Å². The van der Waals surface area contributed by atoms with E-state index >= 15 is 0 Å². The van der Waals surface area contributed by atoms with Crippen LogP contribution in [0.15, 0.2) is 29.6 Å². The first-order chi connectivity index (χ1) is 9.22. The molecule has 1 N–H and O–H groups in total. The van der Waals surface area contributed by atoms with Gasteiger partial charge < -0.3 is 5.32 Å². The fourth-order valence-corrected chi connectivity index (χ4v) is 3.60. The van der Waals surface area contributed by atoms with Gasteiger partial charge in [-0.25, -0.2) is 9.97 Å². The first-order valence-electron chi connectivity index (χ1n) is 6.22. The van der Waals surface area contributed by atoms with Gasteiger partial charge in [-0.2, -0.15) is 0 Å². The SMILES string of the molecule is Cc1csc(CNC(C)c2nc3ccccc3s2)n1. The first-order valence-corrected chi connectivity index (χ1v) is 7.92. The predicted molar refractivity (Wildman–Crippen MR) is 81.7 cm³/mol. The zero-order valence-corrected chi connectivity index (χ0v) is 12.5. The molecule has 1 unspecified atom stereocenters. The lowest BCUT2D eigenvalue weighted by atomic mass is 10.3. The van der Waals surface area contributed by atoms with Gasteiger partial charge in [0.25, 0.3) is 0 Å². The summed E-state index contributed by atoms with van der Waals surface area (Å²) in [7, 11) is 0. The maximum atomic E-state index is 4.67. The highest BCUT2D eigenvalue weighted by atomic mass is 32.1. The van der Waals surface area contributed by atoms with Crippen molar-refractivity contribution in [2.75, 3.05) is 0 Å². The van der Waals surface area contributed by atoms with Crippen molar-refractivity contribution in [3.05, 3.63) is 45.4 Å².